The van der Waals surface area contributed by atoms with Crippen molar-refractivity contribution in [3.8, 4) is 11.5 Å². The fraction of sp³-hybridized carbons (Fsp3) is 0.409. The number of rotatable bonds is 7. The van der Waals surface area contributed by atoms with E-state index in [-0.39, 0.29) is 10.8 Å². The van der Waals surface area contributed by atoms with Gasteiger partial charge in [0.15, 0.2) is 0 Å². The van der Waals surface area contributed by atoms with Crippen LogP contribution >= 0.6 is 0 Å². The first-order valence-corrected chi connectivity index (χ1v) is 11.6. The minimum absolute atomic E-state index is 0.103. The SMILES string of the molecule is COc1ccc(S(=O)(=O)N[C@@H](C)C(=O)N2CCN(c3ccccc3OC)CC2)cc1C. The zero-order valence-corrected chi connectivity index (χ0v) is 19.1. The second-order valence-corrected chi connectivity index (χ2v) is 9.17. The summed E-state index contributed by atoms with van der Waals surface area (Å²) in [4.78, 5) is 16.8. The summed E-state index contributed by atoms with van der Waals surface area (Å²) in [6, 6.07) is 11.5. The van der Waals surface area contributed by atoms with Gasteiger partial charge in [-0.2, -0.15) is 4.72 Å². The largest absolute Gasteiger partial charge is 0.496 e. The fourth-order valence-corrected chi connectivity index (χ4v) is 4.98. The number of nitrogens with zero attached hydrogens (tertiary/aromatic N) is 2. The molecule has 0 aromatic heterocycles. The van der Waals surface area contributed by atoms with Crippen LogP contribution < -0.4 is 19.1 Å². The average Bonchev–Trinajstić information content (AvgIpc) is 2.78. The molecule has 0 bridgehead atoms. The molecule has 2 aromatic carbocycles. The summed E-state index contributed by atoms with van der Waals surface area (Å²) in [6.07, 6.45) is 0. The highest BCUT2D eigenvalue weighted by Crippen LogP contribution is 2.28. The summed E-state index contributed by atoms with van der Waals surface area (Å²) < 4.78 is 38.6. The highest BCUT2D eigenvalue weighted by Gasteiger charge is 2.29. The number of nitrogens with one attached hydrogen (secondary N) is 1. The van der Waals surface area contributed by atoms with Crippen molar-refractivity contribution < 1.29 is 22.7 Å². The van der Waals surface area contributed by atoms with Crippen LogP contribution in [0, 0.1) is 6.92 Å². The van der Waals surface area contributed by atoms with Gasteiger partial charge in [0, 0.05) is 26.2 Å². The van der Waals surface area contributed by atoms with E-state index in [1.807, 2.05) is 24.3 Å². The van der Waals surface area contributed by atoms with Crippen LogP contribution in [-0.4, -0.2) is 65.7 Å². The lowest BCUT2D eigenvalue weighted by Crippen LogP contribution is -2.54. The maximum Gasteiger partial charge on any atom is 0.241 e. The maximum atomic E-state index is 12.9. The standard InChI is InChI=1S/C22H29N3O5S/c1-16-15-18(9-10-20(16)29-3)31(27,28)23-17(2)22(26)25-13-11-24(12-14-25)19-7-5-6-8-21(19)30-4/h5-10,15,17,23H,11-14H2,1-4H3/t17-/m0/s1. The maximum absolute atomic E-state index is 12.9. The van der Waals surface area contributed by atoms with Gasteiger partial charge in [-0.3, -0.25) is 4.79 Å². The fourth-order valence-electron chi connectivity index (χ4n) is 3.70. The van der Waals surface area contributed by atoms with Crippen molar-refractivity contribution >= 4 is 21.6 Å². The van der Waals surface area contributed by atoms with E-state index in [1.54, 1.807) is 31.9 Å². The van der Waals surface area contributed by atoms with E-state index in [0.717, 1.165) is 11.4 Å². The number of piperazine rings is 1. The lowest BCUT2D eigenvalue weighted by molar-refractivity contribution is -0.132. The molecule has 9 heteroatoms. The van der Waals surface area contributed by atoms with Gasteiger partial charge in [0.25, 0.3) is 0 Å². The third kappa shape index (κ3) is 5.11. The first-order valence-electron chi connectivity index (χ1n) is 10.1. The Kier molecular flexibility index (Phi) is 7.07. The van der Waals surface area contributed by atoms with Crippen molar-refractivity contribution in [2.75, 3.05) is 45.3 Å². The van der Waals surface area contributed by atoms with Gasteiger partial charge in [-0.1, -0.05) is 12.1 Å². The molecule has 0 spiro atoms. The van der Waals surface area contributed by atoms with Gasteiger partial charge in [0.1, 0.15) is 11.5 Å². The lowest BCUT2D eigenvalue weighted by atomic mass is 10.2. The van der Waals surface area contributed by atoms with Gasteiger partial charge in [0.05, 0.1) is 30.8 Å². The Hall–Kier alpha value is -2.78. The van der Waals surface area contributed by atoms with Crippen molar-refractivity contribution in [1.29, 1.82) is 0 Å². The number of aryl methyl sites for hydroxylation is 1. The van der Waals surface area contributed by atoms with Crippen molar-refractivity contribution in [2.24, 2.45) is 0 Å². The number of amides is 1. The molecule has 1 fully saturated rings. The topological polar surface area (TPSA) is 88.2 Å². The van der Waals surface area contributed by atoms with E-state index in [0.29, 0.717) is 37.5 Å². The van der Waals surface area contributed by atoms with Crippen LogP contribution in [0.4, 0.5) is 5.69 Å². The van der Waals surface area contributed by atoms with Crippen molar-refractivity contribution in [2.45, 2.75) is 24.8 Å². The molecule has 1 atom stereocenters. The van der Waals surface area contributed by atoms with E-state index in [4.69, 9.17) is 9.47 Å². The van der Waals surface area contributed by atoms with Gasteiger partial charge in [-0.15, -0.1) is 0 Å². The number of carbonyl (C=O) groups excluding carboxylic acids is 1. The lowest BCUT2D eigenvalue weighted by Gasteiger charge is -2.37. The molecule has 0 aliphatic carbocycles. The van der Waals surface area contributed by atoms with Crippen LogP contribution in [-0.2, 0) is 14.8 Å². The first-order chi connectivity index (χ1) is 14.8. The van der Waals surface area contributed by atoms with E-state index in [2.05, 4.69) is 9.62 Å². The van der Waals surface area contributed by atoms with Gasteiger partial charge in [0.2, 0.25) is 15.9 Å². The molecule has 1 aliphatic rings. The molecule has 1 aliphatic heterocycles. The molecule has 1 saturated heterocycles. The Morgan fingerprint density at radius 2 is 1.65 bits per heavy atom. The smallest absolute Gasteiger partial charge is 0.241 e. The average molecular weight is 448 g/mol. The number of para-hydroxylation sites is 2. The molecule has 1 amide bonds. The molecule has 0 unspecified atom stereocenters. The summed E-state index contributed by atoms with van der Waals surface area (Å²) >= 11 is 0. The molecule has 1 N–H and O–H groups in total. The summed E-state index contributed by atoms with van der Waals surface area (Å²) in [5, 5.41) is 0. The molecule has 0 saturated carbocycles. The monoisotopic (exact) mass is 447 g/mol. The quantitative estimate of drug-likeness (QED) is 0.699. The predicted molar refractivity (Wildman–Crippen MR) is 119 cm³/mol. The molecule has 2 aromatic rings. The number of benzene rings is 2. The second-order valence-electron chi connectivity index (χ2n) is 7.46. The molecule has 31 heavy (non-hydrogen) atoms. The number of anilines is 1. The molecule has 0 radical (unpaired) electrons. The highest BCUT2D eigenvalue weighted by atomic mass is 32.2. The molecule has 1 heterocycles. The number of methoxy groups -OCH3 is 2. The Morgan fingerprint density at radius 3 is 2.26 bits per heavy atom. The van der Waals surface area contributed by atoms with Crippen molar-refractivity contribution in [3.05, 3.63) is 48.0 Å². The van der Waals surface area contributed by atoms with Crippen LogP contribution in [0.1, 0.15) is 12.5 Å². The van der Waals surface area contributed by atoms with Crippen LogP contribution in [0.3, 0.4) is 0 Å². The predicted octanol–water partition coefficient (Wildman–Crippen LogP) is 2.03. The molecular formula is C22H29N3O5S. The van der Waals surface area contributed by atoms with Crippen LogP contribution in [0.25, 0.3) is 0 Å². The Labute approximate surface area is 183 Å². The molecule has 8 nitrogen and oxygen atoms in total. The first kappa shape index (κ1) is 22.9. The zero-order valence-electron chi connectivity index (χ0n) is 18.3. The minimum Gasteiger partial charge on any atom is -0.496 e. The minimum atomic E-state index is -3.83. The zero-order chi connectivity index (χ0) is 22.6. The van der Waals surface area contributed by atoms with E-state index in [1.165, 1.54) is 19.2 Å². The number of carbonyl (C=O) groups is 1. The summed E-state index contributed by atoms with van der Waals surface area (Å²) in [5.41, 5.74) is 1.69. The third-order valence-electron chi connectivity index (χ3n) is 5.40. The van der Waals surface area contributed by atoms with Crippen molar-refractivity contribution in [3.63, 3.8) is 0 Å². The summed E-state index contributed by atoms with van der Waals surface area (Å²) in [6.45, 7) is 5.64. The number of hydrogen-bond donors (Lipinski definition) is 1. The Morgan fingerprint density at radius 1 is 1.00 bits per heavy atom. The summed E-state index contributed by atoms with van der Waals surface area (Å²) in [5.74, 6) is 1.16. The number of hydrogen-bond acceptors (Lipinski definition) is 6. The van der Waals surface area contributed by atoms with Crippen LogP contribution in [0.15, 0.2) is 47.4 Å². The number of ether oxygens (including phenoxy) is 2. The molecule has 3 rings (SSSR count). The van der Waals surface area contributed by atoms with Crippen molar-refractivity contribution in [1.82, 2.24) is 9.62 Å². The van der Waals surface area contributed by atoms with E-state index in [9.17, 15) is 13.2 Å². The highest BCUT2D eigenvalue weighted by molar-refractivity contribution is 7.89. The number of sulfonamides is 1. The van der Waals surface area contributed by atoms with Gasteiger partial charge in [-0.25, -0.2) is 8.42 Å². The van der Waals surface area contributed by atoms with Crippen LogP contribution in [0.5, 0.6) is 11.5 Å². The summed E-state index contributed by atoms with van der Waals surface area (Å²) in [7, 11) is -0.667. The van der Waals surface area contributed by atoms with Gasteiger partial charge in [-0.05, 0) is 49.7 Å². The van der Waals surface area contributed by atoms with E-state index < -0.39 is 16.1 Å². The Balaban J connectivity index is 1.62. The Bertz CT molecular complexity index is 1030. The van der Waals surface area contributed by atoms with Gasteiger partial charge >= 0.3 is 0 Å². The molecular weight excluding hydrogens is 418 g/mol. The molecule has 168 valence electrons. The second kappa shape index (κ2) is 9.57. The normalized spacial score (nSPS) is 15.5. The van der Waals surface area contributed by atoms with Crippen LogP contribution in [0.2, 0.25) is 0 Å². The third-order valence-corrected chi connectivity index (χ3v) is 6.93. The van der Waals surface area contributed by atoms with E-state index >= 15 is 0 Å². The van der Waals surface area contributed by atoms with Gasteiger partial charge < -0.3 is 19.3 Å².